The summed E-state index contributed by atoms with van der Waals surface area (Å²) in [7, 11) is 0. The number of hydrogen-bond acceptors (Lipinski definition) is 4. The molecule has 1 saturated heterocycles. The monoisotopic (exact) mass is 315 g/mol. The highest BCUT2D eigenvalue weighted by Gasteiger charge is 2.22. The summed E-state index contributed by atoms with van der Waals surface area (Å²) < 4.78 is 13.2. The molecule has 1 aliphatic carbocycles. The Morgan fingerprint density at radius 1 is 1.04 bits per heavy atom. The minimum atomic E-state index is -0.256. The zero-order valence-electron chi connectivity index (χ0n) is 13.3. The van der Waals surface area contributed by atoms with Gasteiger partial charge < -0.3 is 0 Å². The summed E-state index contributed by atoms with van der Waals surface area (Å²) in [4.78, 5) is 8.75. The number of nitrogens with zero attached hydrogens (tertiary/aromatic N) is 4. The number of aromatic nitrogens is 3. The smallest absolute Gasteiger partial charge is 0.141 e. The van der Waals surface area contributed by atoms with Crippen molar-refractivity contribution in [3.8, 4) is 0 Å². The molecule has 6 heteroatoms. The Bertz CT molecular complexity index is 675. The average Bonchev–Trinajstić information content (AvgIpc) is 3.14. The lowest BCUT2D eigenvalue weighted by atomic mass is 10.2. The Morgan fingerprint density at radius 3 is 2.61 bits per heavy atom. The van der Waals surface area contributed by atoms with Gasteiger partial charge in [0.05, 0.1) is 11.9 Å². The molecule has 1 fully saturated rings. The highest BCUT2D eigenvalue weighted by molar-refractivity contribution is 5.29. The highest BCUT2D eigenvalue weighted by atomic mass is 19.1. The number of nitrogens with one attached hydrogen (secondary N) is 1. The van der Waals surface area contributed by atoms with E-state index in [9.17, 15) is 4.39 Å². The van der Waals surface area contributed by atoms with E-state index in [0.717, 1.165) is 51.3 Å². The van der Waals surface area contributed by atoms with Crippen LogP contribution in [0.5, 0.6) is 0 Å². The van der Waals surface area contributed by atoms with Gasteiger partial charge in [-0.3, -0.25) is 19.9 Å². The van der Waals surface area contributed by atoms with Gasteiger partial charge in [-0.2, -0.15) is 5.10 Å². The van der Waals surface area contributed by atoms with E-state index in [2.05, 4.69) is 25.0 Å². The fourth-order valence-corrected chi connectivity index (χ4v) is 3.64. The Kier molecular flexibility index (Phi) is 4.10. The number of H-pyrrole nitrogens is 1. The largest absolute Gasteiger partial charge is 0.296 e. The summed E-state index contributed by atoms with van der Waals surface area (Å²) in [5, 5.41) is 7.69. The van der Waals surface area contributed by atoms with Crippen LogP contribution in [-0.4, -0.2) is 51.2 Å². The van der Waals surface area contributed by atoms with E-state index in [4.69, 9.17) is 0 Å². The Labute approximate surface area is 135 Å². The predicted molar refractivity (Wildman–Crippen MR) is 85.4 cm³/mol. The van der Waals surface area contributed by atoms with Gasteiger partial charge in [0.1, 0.15) is 5.82 Å². The van der Waals surface area contributed by atoms with Gasteiger partial charge >= 0.3 is 0 Å². The van der Waals surface area contributed by atoms with Crippen LogP contribution < -0.4 is 0 Å². The summed E-state index contributed by atoms with van der Waals surface area (Å²) in [5.74, 6) is -0.256. The number of aryl methyl sites for hydroxylation is 1. The molecule has 0 amide bonds. The summed E-state index contributed by atoms with van der Waals surface area (Å²) >= 11 is 0. The van der Waals surface area contributed by atoms with Crippen molar-refractivity contribution in [2.45, 2.75) is 32.4 Å². The molecule has 0 aromatic carbocycles. The van der Waals surface area contributed by atoms with Gasteiger partial charge in [-0.15, -0.1) is 0 Å². The first-order chi connectivity index (χ1) is 11.3. The summed E-state index contributed by atoms with van der Waals surface area (Å²) in [6.07, 6.45) is 6.59. The second-order valence-electron chi connectivity index (χ2n) is 6.54. The number of pyridine rings is 1. The Hall–Kier alpha value is -1.79. The van der Waals surface area contributed by atoms with E-state index < -0.39 is 0 Å². The number of aromatic amines is 1. The van der Waals surface area contributed by atoms with Crippen LogP contribution >= 0.6 is 0 Å². The summed E-state index contributed by atoms with van der Waals surface area (Å²) in [6, 6.07) is 1.58. The summed E-state index contributed by atoms with van der Waals surface area (Å²) in [6.45, 7) is 5.79. The van der Waals surface area contributed by atoms with Crippen molar-refractivity contribution in [2.75, 3.05) is 26.2 Å². The molecule has 0 atom stereocenters. The van der Waals surface area contributed by atoms with E-state index in [1.54, 1.807) is 12.3 Å². The molecule has 122 valence electrons. The number of rotatable bonds is 4. The fraction of sp³-hybridized carbons (Fsp3) is 0.529. The molecule has 23 heavy (non-hydrogen) atoms. The zero-order valence-corrected chi connectivity index (χ0v) is 13.3. The van der Waals surface area contributed by atoms with Gasteiger partial charge in [0, 0.05) is 51.2 Å². The molecule has 0 unspecified atom stereocenters. The number of fused-ring (bicyclic) bond motifs is 1. The molecule has 1 aliphatic heterocycles. The molecule has 5 nitrogen and oxygen atoms in total. The molecule has 1 N–H and O–H groups in total. The third kappa shape index (κ3) is 3.28. The normalized spacial score (nSPS) is 19.2. The van der Waals surface area contributed by atoms with Crippen LogP contribution in [0.2, 0.25) is 0 Å². The Balaban J connectivity index is 1.30. The van der Waals surface area contributed by atoms with Crippen LogP contribution in [0.1, 0.15) is 28.9 Å². The number of halogens is 1. The van der Waals surface area contributed by atoms with Crippen LogP contribution in [0, 0.1) is 5.82 Å². The molecule has 2 aromatic rings. The van der Waals surface area contributed by atoms with Gasteiger partial charge in [-0.25, -0.2) is 4.39 Å². The van der Waals surface area contributed by atoms with Crippen LogP contribution in [-0.2, 0) is 25.9 Å². The molecule has 0 saturated carbocycles. The van der Waals surface area contributed by atoms with Gasteiger partial charge in [-0.1, -0.05) is 0 Å². The first-order valence-electron chi connectivity index (χ1n) is 8.37. The minimum absolute atomic E-state index is 0.256. The van der Waals surface area contributed by atoms with Gasteiger partial charge in [0.25, 0.3) is 0 Å². The SMILES string of the molecule is Fc1cncc(CN2CCN(Cc3n[nH]c4c3CCC4)CC2)c1. The lowest BCUT2D eigenvalue weighted by molar-refractivity contribution is 0.120. The topological polar surface area (TPSA) is 48.1 Å². The Morgan fingerprint density at radius 2 is 1.83 bits per heavy atom. The number of piperazine rings is 1. The third-order valence-electron chi connectivity index (χ3n) is 4.90. The molecule has 0 bridgehead atoms. The maximum atomic E-state index is 13.2. The third-order valence-corrected chi connectivity index (χ3v) is 4.90. The minimum Gasteiger partial charge on any atom is -0.296 e. The van der Waals surface area contributed by atoms with E-state index >= 15 is 0 Å². The molecule has 0 radical (unpaired) electrons. The van der Waals surface area contributed by atoms with E-state index in [1.807, 2.05) is 0 Å². The second kappa shape index (κ2) is 6.37. The standard InChI is InChI=1S/C17H22FN5/c18-14-8-13(9-19-10-14)11-22-4-6-23(7-5-22)12-17-15-2-1-3-16(15)20-21-17/h8-10H,1-7,11-12H2,(H,20,21). The lowest BCUT2D eigenvalue weighted by Gasteiger charge is -2.34. The van der Waals surface area contributed by atoms with Crippen molar-refractivity contribution in [1.29, 1.82) is 0 Å². The molecule has 2 aromatic heterocycles. The van der Waals surface area contributed by atoms with Crippen LogP contribution in [0.4, 0.5) is 4.39 Å². The van der Waals surface area contributed by atoms with Crippen LogP contribution in [0.3, 0.4) is 0 Å². The zero-order chi connectivity index (χ0) is 15.6. The van der Waals surface area contributed by atoms with Crippen molar-refractivity contribution >= 4 is 0 Å². The highest BCUT2D eigenvalue weighted by Crippen LogP contribution is 2.24. The average molecular weight is 315 g/mol. The van der Waals surface area contributed by atoms with E-state index in [-0.39, 0.29) is 5.82 Å². The van der Waals surface area contributed by atoms with Gasteiger partial charge in [-0.05, 0) is 36.5 Å². The quantitative estimate of drug-likeness (QED) is 0.934. The van der Waals surface area contributed by atoms with Crippen molar-refractivity contribution < 1.29 is 4.39 Å². The van der Waals surface area contributed by atoms with Crippen molar-refractivity contribution in [1.82, 2.24) is 25.0 Å². The molecular formula is C17H22FN5. The van der Waals surface area contributed by atoms with Crippen molar-refractivity contribution in [3.05, 3.63) is 46.8 Å². The maximum Gasteiger partial charge on any atom is 0.141 e. The lowest BCUT2D eigenvalue weighted by Crippen LogP contribution is -2.45. The molecule has 0 spiro atoms. The van der Waals surface area contributed by atoms with Crippen molar-refractivity contribution in [3.63, 3.8) is 0 Å². The fourth-order valence-electron chi connectivity index (χ4n) is 3.64. The van der Waals surface area contributed by atoms with Crippen LogP contribution in [0.15, 0.2) is 18.5 Å². The van der Waals surface area contributed by atoms with Crippen LogP contribution in [0.25, 0.3) is 0 Å². The predicted octanol–water partition coefficient (Wildman–Crippen LogP) is 1.75. The first-order valence-corrected chi connectivity index (χ1v) is 8.37. The molecule has 4 rings (SSSR count). The number of hydrogen-bond donors (Lipinski definition) is 1. The summed E-state index contributed by atoms with van der Waals surface area (Å²) in [5.41, 5.74) is 4.99. The second-order valence-corrected chi connectivity index (χ2v) is 6.54. The first kappa shape index (κ1) is 14.8. The molecule has 3 heterocycles. The molecule has 2 aliphatic rings. The van der Waals surface area contributed by atoms with E-state index in [0.29, 0.717) is 0 Å². The van der Waals surface area contributed by atoms with Gasteiger partial charge in [0.2, 0.25) is 0 Å². The van der Waals surface area contributed by atoms with E-state index in [1.165, 1.54) is 36.0 Å². The van der Waals surface area contributed by atoms with Crippen molar-refractivity contribution in [2.24, 2.45) is 0 Å². The van der Waals surface area contributed by atoms with Gasteiger partial charge in [0.15, 0.2) is 0 Å². The molecular weight excluding hydrogens is 293 g/mol. The maximum absolute atomic E-state index is 13.2.